The van der Waals surface area contributed by atoms with Crippen molar-refractivity contribution in [3.8, 4) is 0 Å². The van der Waals surface area contributed by atoms with Gasteiger partial charge >= 0.3 is 13.5 Å². The Morgan fingerprint density at radius 1 is 1.43 bits per heavy atom. The molecule has 4 atom stereocenters. The summed E-state index contributed by atoms with van der Waals surface area (Å²) in [7, 11) is -4.74. The van der Waals surface area contributed by atoms with Gasteiger partial charge < -0.3 is 30.5 Å². The van der Waals surface area contributed by atoms with Gasteiger partial charge in [-0.2, -0.15) is 4.98 Å². The van der Waals surface area contributed by atoms with Gasteiger partial charge in [0.05, 0.1) is 6.61 Å². The van der Waals surface area contributed by atoms with Crippen LogP contribution >= 0.6 is 7.82 Å². The summed E-state index contributed by atoms with van der Waals surface area (Å²) in [4.78, 5) is 32.3. The Morgan fingerprint density at radius 2 is 2.10 bits per heavy atom. The highest BCUT2D eigenvalue weighted by Gasteiger charge is 2.44. The standard InChI is InChI=1S/C9H14N3O8P/c10-5-1-2-12(9(15)11-5)8-7(14)6(13)4(20-8)3-19-21(16,17)18/h1-2,4,6-8,13-14H,3H2,(H2,10,11,15)(H2,16,17,18)/t4-,6-,7+,8-/m0/s1. The van der Waals surface area contributed by atoms with Crippen molar-refractivity contribution in [2.45, 2.75) is 24.5 Å². The lowest BCUT2D eigenvalue weighted by Crippen LogP contribution is -2.36. The molecule has 0 aliphatic carbocycles. The molecule has 0 unspecified atom stereocenters. The molecule has 21 heavy (non-hydrogen) atoms. The molecule has 1 aliphatic heterocycles. The summed E-state index contributed by atoms with van der Waals surface area (Å²) in [6.45, 7) is -0.657. The van der Waals surface area contributed by atoms with Crippen LogP contribution in [0.4, 0.5) is 5.82 Å². The van der Waals surface area contributed by atoms with Crippen LogP contribution in [-0.4, -0.2) is 54.5 Å². The Balaban J connectivity index is 2.16. The summed E-state index contributed by atoms with van der Waals surface area (Å²) >= 11 is 0. The molecule has 0 aromatic carbocycles. The fraction of sp³-hybridized carbons (Fsp3) is 0.556. The molecule has 2 rings (SSSR count). The van der Waals surface area contributed by atoms with Crippen LogP contribution in [0.3, 0.4) is 0 Å². The lowest BCUT2D eigenvalue weighted by Gasteiger charge is -2.16. The molecule has 0 radical (unpaired) electrons. The van der Waals surface area contributed by atoms with Crippen molar-refractivity contribution in [2.24, 2.45) is 0 Å². The molecule has 1 aromatic heterocycles. The first kappa shape index (κ1) is 16.0. The molecule has 6 N–H and O–H groups in total. The van der Waals surface area contributed by atoms with Crippen LogP contribution in [0.2, 0.25) is 0 Å². The number of nitrogen functional groups attached to an aromatic ring is 1. The van der Waals surface area contributed by atoms with Gasteiger partial charge in [0, 0.05) is 6.20 Å². The summed E-state index contributed by atoms with van der Waals surface area (Å²) in [5, 5.41) is 19.6. The number of aromatic nitrogens is 2. The van der Waals surface area contributed by atoms with Crippen LogP contribution in [-0.2, 0) is 13.8 Å². The maximum Gasteiger partial charge on any atom is 0.469 e. The third kappa shape index (κ3) is 3.66. The monoisotopic (exact) mass is 323 g/mol. The Hall–Kier alpha value is -1.33. The average Bonchev–Trinajstić information content (AvgIpc) is 2.64. The van der Waals surface area contributed by atoms with E-state index in [9.17, 15) is 19.6 Å². The largest absolute Gasteiger partial charge is 0.469 e. The smallest absolute Gasteiger partial charge is 0.387 e. The zero-order valence-electron chi connectivity index (χ0n) is 10.5. The third-order valence-corrected chi connectivity index (χ3v) is 3.36. The average molecular weight is 323 g/mol. The number of rotatable bonds is 4. The van der Waals surface area contributed by atoms with E-state index >= 15 is 0 Å². The number of ether oxygens (including phenoxy) is 1. The first-order chi connectivity index (χ1) is 9.69. The molecule has 118 valence electrons. The van der Waals surface area contributed by atoms with E-state index in [4.69, 9.17) is 20.3 Å². The van der Waals surface area contributed by atoms with Gasteiger partial charge in [-0.3, -0.25) is 9.09 Å². The van der Waals surface area contributed by atoms with Gasteiger partial charge in [-0.1, -0.05) is 0 Å². The van der Waals surface area contributed by atoms with Crippen LogP contribution < -0.4 is 11.4 Å². The van der Waals surface area contributed by atoms with Crippen LogP contribution in [0, 0.1) is 0 Å². The molecule has 1 aliphatic rings. The van der Waals surface area contributed by atoms with Crippen molar-refractivity contribution in [3.63, 3.8) is 0 Å². The van der Waals surface area contributed by atoms with Gasteiger partial charge in [0.1, 0.15) is 24.1 Å². The fourth-order valence-electron chi connectivity index (χ4n) is 1.89. The van der Waals surface area contributed by atoms with Gasteiger partial charge in [0.2, 0.25) is 0 Å². The number of hydrogen-bond acceptors (Lipinski definition) is 8. The molecule has 11 nitrogen and oxygen atoms in total. The van der Waals surface area contributed by atoms with E-state index in [1.165, 1.54) is 12.3 Å². The molecular formula is C9H14N3O8P. The van der Waals surface area contributed by atoms with Gasteiger partial charge in [-0.25, -0.2) is 9.36 Å². The molecular weight excluding hydrogens is 309 g/mol. The molecule has 0 bridgehead atoms. The Labute approximate surface area is 117 Å². The molecule has 12 heteroatoms. The molecule has 1 saturated heterocycles. The number of nitrogens with two attached hydrogens (primary N) is 1. The predicted molar refractivity (Wildman–Crippen MR) is 66.8 cm³/mol. The van der Waals surface area contributed by atoms with Gasteiger partial charge in [0.25, 0.3) is 0 Å². The molecule has 0 spiro atoms. The van der Waals surface area contributed by atoms with Gasteiger partial charge in [-0.05, 0) is 6.07 Å². The normalized spacial score (nSPS) is 29.7. The number of aliphatic hydroxyl groups is 2. The van der Waals surface area contributed by atoms with Gasteiger partial charge in [0.15, 0.2) is 6.23 Å². The lowest BCUT2D eigenvalue weighted by atomic mass is 10.1. The molecule has 2 heterocycles. The van der Waals surface area contributed by atoms with Crippen molar-refractivity contribution in [2.75, 3.05) is 12.3 Å². The van der Waals surface area contributed by atoms with E-state index in [0.29, 0.717) is 0 Å². The summed E-state index contributed by atoms with van der Waals surface area (Å²) in [5.41, 5.74) is 4.52. The van der Waals surface area contributed by atoms with Crippen molar-refractivity contribution >= 4 is 13.6 Å². The number of anilines is 1. The van der Waals surface area contributed by atoms with E-state index in [0.717, 1.165) is 4.57 Å². The van der Waals surface area contributed by atoms with Crippen molar-refractivity contribution < 1.29 is 33.8 Å². The highest BCUT2D eigenvalue weighted by Crippen LogP contribution is 2.38. The third-order valence-electron chi connectivity index (χ3n) is 2.87. The molecule has 1 aromatic rings. The number of aliphatic hydroxyl groups excluding tert-OH is 2. The Kier molecular flexibility index (Phi) is 4.44. The summed E-state index contributed by atoms with van der Waals surface area (Å²) in [6, 6.07) is 1.29. The maximum atomic E-state index is 11.6. The summed E-state index contributed by atoms with van der Waals surface area (Å²) in [5.74, 6) is -0.0225. The van der Waals surface area contributed by atoms with Crippen molar-refractivity contribution in [1.29, 1.82) is 0 Å². The van der Waals surface area contributed by atoms with Crippen molar-refractivity contribution in [3.05, 3.63) is 22.7 Å². The minimum atomic E-state index is -4.74. The number of phosphoric acid groups is 1. The second-order valence-corrected chi connectivity index (χ2v) is 5.61. The number of hydrogen-bond donors (Lipinski definition) is 5. The molecule has 0 saturated carbocycles. The summed E-state index contributed by atoms with van der Waals surface area (Å²) in [6.07, 6.45) is -4.27. The van der Waals surface area contributed by atoms with E-state index in [-0.39, 0.29) is 5.82 Å². The Morgan fingerprint density at radius 3 is 2.67 bits per heavy atom. The minimum Gasteiger partial charge on any atom is -0.387 e. The fourth-order valence-corrected chi connectivity index (χ4v) is 2.23. The van der Waals surface area contributed by atoms with Crippen LogP contribution in [0.15, 0.2) is 17.1 Å². The van der Waals surface area contributed by atoms with E-state index in [1.54, 1.807) is 0 Å². The van der Waals surface area contributed by atoms with E-state index < -0.39 is 44.7 Å². The second-order valence-electron chi connectivity index (χ2n) is 4.37. The second kappa shape index (κ2) is 5.81. The van der Waals surface area contributed by atoms with Crippen LogP contribution in [0.25, 0.3) is 0 Å². The lowest BCUT2D eigenvalue weighted by molar-refractivity contribution is -0.0542. The van der Waals surface area contributed by atoms with Crippen LogP contribution in [0.5, 0.6) is 0 Å². The highest BCUT2D eigenvalue weighted by molar-refractivity contribution is 7.46. The van der Waals surface area contributed by atoms with E-state index in [1.807, 2.05) is 0 Å². The van der Waals surface area contributed by atoms with Crippen molar-refractivity contribution in [1.82, 2.24) is 9.55 Å². The first-order valence-corrected chi connectivity index (χ1v) is 7.28. The zero-order chi connectivity index (χ0) is 15.8. The summed E-state index contributed by atoms with van der Waals surface area (Å²) < 4.78 is 20.9. The van der Waals surface area contributed by atoms with Crippen LogP contribution in [0.1, 0.15) is 6.23 Å². The minimum absolute atomic E-state index is 0.0225. The number of phosphoric ester groups is 1. The molecule has 0 amide bonds. The quantitative estimate of drug-likeness (QED) is 0.374. The first-order valence-electron chi connectivity index (χ1n) is 5.75. The van der Waals surface area contributed by atoms with E-state index in [2.05, 4.69) is 9.51 Å². The topological polar surface area (TPSA) is 177 Å². The SMILES string of the molecule is Nc1ccn([C@H]2O[C@@H](COP(=O)(O)O)[C@H](O)[C@H]2O)c(=O)n1. The van der Waals surface area contributed by atoms with Gasteiger partial charge in [-0.15, -0.1) is 0 Å². The highest BCUT2D eigenvalue weighted by atomic mass is 31.2. The maximum absolute atomic E-state index is 11.6. The zero-order valence-corrected chi connectivity index (χ0v) is 11.4. The number of nitrogens with zero attached hydrogens (tertiary/aromatic N) is 2. The predicted octanol–water partition coefficient (Wildman–Crippen LogP) is -2.45. The Bertz CT molecular complexity index is 615. The molecule has 1 fully saturated rings.